The summed E-state index contributed by atoms with van der Waals surface area (Å²) in [5.41, 5.74) is 1.74. The monoisotopic (exact) mass is 394 g/mol. The third-order valence-corrected chi connectivity index (χ3v) is 4.62. The first-order valence-corrected chi connectivity index (χ1v) is 9.84. The van der Waals surface area contributed by atoms with Crippen LogP contribution in [0.3, 0.4) is 0 Å². The summed E-state index contributed by atoms with van der Waals surface area (Å²) in [5.74, 6) is 0.423. The Morgan fingerprint density at radius 1 is 1.03 bits per heavy atom. The summed E-state index contributed by atoms with van der Waals surface area (Å²) in [6.45, 7) is 5.59. The van der Waals surface area contributed by atoms with E-state index in [1.165, 1.54) is 0 Å². The molecule has 2 aromatic carbocycles. The molecule has 0 aliphatic rings. The second-order valence-corrected chi connectivity index (χ2v) is 6.81. The van der Waals surface area contributed by atoms with Crippen molar-refractivity contribution in [2.24, 2.45) is 0 Å². The number of hydrogen-bond donors (Lipinski definition) is 1. The fraction of sp³-hybridized carbons (Fsp3) is 0.304. The Morgan fingerprint density at radius 3 is 2.34 bits per heavy atom. The van der Waals surface area contributed by atoms with Crippen molar-refractivity contribution in [1.82, 2.24) is 4.90 Å². The van der Waals surface area contributed by atoms with Crippen LogP contribution in [0.5, 0.6) is 5.75 Å². The number of nitrogens with one attached hydrogen (secondary N) is 1. The van der Waals surface area contributed by atoms with Crippen LogP contribution in [0, 0.1) is 0 Å². The van der Waals surface area contributed by atoms with E-state index in [9.17, 15) is 9.59 Å². The summed E-state index contributed by atoms with van der Waals surface area (Å²) in [6, 6.07) is 14.1. The van der Waals surface area contributed by atoms with E-state index in [4.69, 9.17) is 9.15 Å². The molecule has 6 heteroatoms. The van der Waals surface area contributed by atoms with E-state index in [0.29, 0.717) is 22.6 Å². The summed E-state index contributed by atoms with van der Waals surface area (Å²) in [6.07, 6.45) is 1.84. The molecule has 2 amide bonds. The molecular formula is C23H26N2O4. The largest absolute Gasteiger partial charge is 0.493 e. The molecule has 1 N–H and O–H groups in total. The number of nitrogens with zero attached hydrogens (tertiary/aromatic N) is 1. The normalized spacial score (nSPS) is 10.7. The minimum atomic E-state index is -0.360. The van der Waals surface area contributed by atoms with Crippen LogP contribution in [0.25, 0.3) is 11.0 Å². The van der Waals surface area contributed by atoms with Crippen LogP contribution in [0.4, 0.5) is 5.69 Å². The number of hydrogen-bond acceptors (Lipinski definition) is 4. The van der Waals surface area contributed by atoms with Gasteiger partial charge in [-0.3, -0.25) is 9.59 Å². The number of carbonyl (C=O) groups excluding carboxylic acids is 2. The molecule has 0 saturated heterocycles. The van der Waals surface area contributed by atoms with Crippen LogP contribution in [0.15, 0.2) is 52.9 Å². The van der Waals surface area contributed by atoms with Gasteiger partial charge >= 0.3 is 0 Å². The maximum atomic E-state index is 12.7. The van der Waals surface area contributed by atoms with Gasteiger partial charge in [-0.25, -0.2) is 0 Å². The molecule has 0 aliphatic heterocycles. The number of furan rings is 1. The van der Waals surface area contributed by atoms with Crippen LogP contribution in [0.2, 0.25) is 0 Å². The summed E-state index contributed by atoms with van der Waals surface area (Å²) in [5, 5.41) is 3.60. The Balaban J connectivity index is 1.72. The number of rotatable bonds is 8. The Bertz CT molecular complexity index is 986. The molecular weight excluding hydrogens is 368 g/mol. The molecule has 3 aromatic rings. The summed E-state index contributed by atoms with van der Waals surface area (Å²) < 4.78 is 10.9. The Kier molecular flexibility index (Phi) is 6.54. The molecule has 3 rings (SSSR count). The molecule has 0 atom stereocenters. The summed E-state index contributed by atoms with van der Waals surface area (Å²) in [4.78, 5) is 27.1. The van der Waals surface area contributed by atoms with Gasteiger partial charge in [0.1, 0.15) is 0 Å². The van der Waals surface area contributed by atoms with Crippen molar-refractivity contribution in [3.63, 3.8) is 0 Å². The summed E-state index contributed by atoms with van der Waals surface area (Å²) in [7, 11) is 1.56. The minimum absolute atomic E-state index is 0.0101. The number of para-hydroxylation sites is 1. The van der Waals surface area contributed by atoms with Crippen molar-refractivity contribution < 1.29 is 18.7 Å². The molecule has 6 nitrogen and oxygen atoms in total. The number of fused-ring (bicyclic) bond motifs is 1. The van der Waals surface area contributed by atoms with Gasteiger partial charge in [-0.1, -0.05) is 26.0 Å². The quantitative estimate of drug-likeness (QED) is 0.586. The maximum absolute atomic E-state index is 12.7. The zero-order valence-electron chi connectivity index (χ0n) is 17.0. The van der Waals surface area contributed by atoms with Gasteiger partial charge in [0.2, 0.25) is 0 Å². The number of benzene rings is 2. The SMILES string of the molecule is CCCN(CCC)C(=O)c1ccc(NC(=O)c2cc3cccc(OC)c3o2)cc1. The van der Waals surface area contributed by atoms with Crippen LogP contribution in [-0.2, 0) is 0 Å². The lowest BCUT2D eigenvalue weighted by Crippen LogP contribution is -2.32. The van der Waals surface area contributed by atoms with Crippen LogP contribution in [0.1, 0.15) is 47.6 Å². The number of ether oxygens (including phenoxy) is 1. The van der Waals surface area contributed by atoms with Crippen LogP contribution in [-0.4, -0.2) is 36.9 Å². The van der Waals surface area contributed by atoms with Crippen molar-refractivity contribution in [3.05, 3.63) is 59.9 Å². The topological polar surface area (TPSA) is 71.8 Å². The molecule has 152 valence electrons. The van der Waals surface area contributed by atoms with E-state index in [0.717, 1.165) is 31.3 Å². The average molecular weight is 394 g/mol. The first-order chi connectivity index (χ1) is 14.1. The van der Waals surface area contributed by atoms with Gasteiger partial charge in [-0.15, -0.1) is 0 Å². The van der Waals surface area contributed by atoms with Crippen LogP contribution < -0.4 is 10.1 Å². The van der Waals surface area contributed by atoms with Gasteiger partial charge in [0.15, 0.2) is 17.1 Å². The first-order valence-electron chi connectivity index (χ1n) is 9.84. The minimum Gasteiger partial charge on any atom is -0.493 e. The number of anilines is 1. The molecule has 0 unspecified atom stereocenters. The van der Waals surface area contributed by atoms with Crippen LogP contribution >= 0.6 is 0 Å². The first kappa shape index (κ1) is 20.5. The smallest absolute Gasteiger partial charge is 0.291 e. The van der Waals surface area contributed by atoms with Gasteiger partial charge < -0.3 is 19.4 Å². The van der Waals surface area contributed by atoms with Gasteiger partial charge in [-0.05, 0) is 49.2 Å². The fourth-order valence-electron chi connectivity index (χ4n) is 3.24. The van der Waals surface area contributed by atoms with Gasteiger partial charge in [0.05, 0.1) is 7.11 Å². The van der Waals surface area contributed by atoms with E-state index in [1.807, 2.05) is 17.0 Å². The lowest BCUT2D eigenvalue weighted by atomic mass is 10.1. The lowest BCUT2D eigenvalue weighted by molar-refractivity contribution is 0.0755. The third-order valence-electron chi connectivity index (χ3n) is 4.62. The highest BCUT2D eigenvalue weighted by atomic mass is 16.5. The Hall–Kier alpha value is -3.28. The molecule has 0 bridgehead atoms. The van der Waals surface area contributed by atoms with E-state index < -0.39 is 0 Å². The molecule has 0 fully saturated rings. The van der Waals surface area contributed by atoms with Crippen molar-refractivity contribution in [2.45, 2.75) is 26.7 Å². The second-order valence-electron chi connectivity index (χ2n) is 6.81. The average Bonchev–Trinajstić information content (AvgIpc) is 3.18. The van der Waals surface area contributed by atoms with E-state index in [-0.39, 0.29) is 17.6 Å². The molecule has 0 aliphatic carbocycles. The van der Waals surface area contributed by atoms with Crippen molar-refractivity contribution >= 4 is 28.5 Å². The zero-order valence-corrected chi connectivity index (χ0v) is 17.0. The third kappa shape index (κ3) is 4.59. The highest BCUT2D eigenvalue weighted by molar-refractivity contribution is 6.05. The molecule has 0 radical (unpaired) electrons. The summed E-state index contributed by atoms with van der Waals surface area (Å²) >= 11 is 0. The number of methoxy groups -OCH3 is 1. The van der Waals surface area contributed by atoms with Gasteiger partial charge in [0.25, 0.3) is 11.8 Å². The molecule has 1 heterocycles. The van der Waals surface area contributed by atoms with Gasteiger partial charge in [-0.2, -0.15) is 0 Å². The van der Waals surface area contributed by atoms with Crippen molar-refractivity contribution in [3.8, 4) is 5.75 Å². The van der Waals surface area contributed by atoms with Crippen molar-refractivity contribution in [2.75, 3.05) is 25.5 Å². The maximum Gasteiger partial charge on any atom is 0.291 e. The highest BCUT2D eigenvalue weighted by Gasteiger charge is 2.17. The van der Waals surface area contributed by atoms with Crippen molar-refractivity contribution in [1.29, 1.82) is 0 Å². The second kappa shape index (κ2) is 9.28. The molecule has 29 heavy (non-hydrogen) atoms. The molecule has 0 spiro atoms. The Labute approximate surface area is 170 Å². The predicted octanol–water partition coefficient (Wildman–Crippen LogP) is 4.96. The van der Waals surface area contributed by atoms with E-state index in [2.05, 4.69) is 19.2 Å². The Morgan fingerprint density at radius 2 is 1.72 bits per heavy atom. The molecule has 0 saturated carbocycles. The lowest BCUT2D eigenvalue weighted by Gasteiger charge is -2.21. The van der Waals surface area contributed by atoms with E-state index >= 15 is 0 Å². The molecule has 1 aromatic heterocycles. The zero-order chi connectivity index (χ0) is 20.8. The number of carbonyl (C=O) groups is 2. The van der Waals surface area contributed by atoms with E-state index in [1.54, 1.807) is 43.5 Å². The number of amides is 2. The predicted molar refractivity (Wildman–Crippen MR) is 114 cm³/mol. The fourth-order valence-corrected chi connectivity index (χ4v) is 3.24. The van der Waals surface area contributed by atoms with Gasteiger partial charge in [0, 0.05) is 29.7 Å². The highest BCUT2D eigenvalue weighted by Crippen LogP contribution is 2.28. The standard InChI is InChI=1S/C23H26N2O4/c1-4-13-25(14-5-2)23(27)16-9-11-18(12-10-16)24-22(26)20-15-17-7-6-8-19(28-3)21(17)29-20/h6-12,15H,4-5,13-14H2,1-3H3,(H,24,26).